The summed E-state index contributed by atoms with van der Waals surface area (Å²) in [6, 6.07) is 1.59. The van der Waals surface area contributed by atoms with Gasteiger partial charge in [0, 0.05) is 0 Å². The number of allylic oxidation sites excluding steroid dienone is 3. The van der Waals surface area contributed by atoms with Gasteiger partial charge in [0.25, 0.3) is 0 Å². The Morgan fingerprint density at radius 1 is 1.43 bits per heavy atom. The quantitative estimate of drug-likeness (QED) is 0.639. The van der Waals surface area contributed by atoms with Crippen molar-refractivity contribution < 1.29 is 0 Å². The Hall–Kier alpha value is -0.301. The van der Waals surface area contributed by atoms with Gasteiger partial charge in [-0.15, -0.1) is 0 Å². The van der Waals surface area contributed by atoms with Gasteiger partial charge in [-0.05, 0) is 0 Å². The van der Waals surface area contributed by atoms with Crippen molar-refractivity contribution in [2.45, 2.75) is 31.3 Å². The Labute approximate surface area is 91.7 Å². The summed E-state index contributed by atoms with van der Waals surface area (Å²) in [6.07, 6.45) is 11.2. The first-order valence-corrected chi connectivity index (χ1v) is 7.67. The summed E-state index contributed by atoms with van der Waals surface area (Å²) in [5, 5.41) is 0. The summed E-state index contributed by atoms with van der Waals surface area (Å²) < 4.78 is 1.69. The van der Waals surface area contributed by atoms with Crippen molar-refractivity contribution in [2.75, 3.05) is 7.05 Å². The molecule has 3 heterocycles. The predicted octanol–water partition coefficient (Wildman–Crippen LogP) is 1.36. The molecule has 0 radical (unpaired) electrons. The molecule has 3 aliphatic heterocycles. The molecule has 1 nitrogen and oxygen atoms in total. The minimum atomic E-state index is 0.0907. The molecule has 0 aromatic rings. The van der Waals surface area contributed by atoms with Crippen LogP contribution in [-0.2, 0) is 0 Å². The molecular weight excluding hydrogens is 237 g/mol. The van der Waals surface area contributed by atoms with Crippen LogP contribution in [0, 0.1) is 0 Å². The van der Waals surface area contributed by atoms with Crippen molar-refractivity contribution in [3.8, 4) is 0 Å². The van der Waals surface area contributed by atoms with Crippen LogP contribution in [0.5, 0.6) is 0 Å². The maximum atomic E-state index is 2.56. The van der Waals surface area contributed by atoms with E-state index in [4.69, 9.17) is 0 Å². The van der Waals surface area contributed by atoms with Crippen LogP contribution in [0.15, 0.2) is 33.2 Å². The van der Waals surface area contributed by atoms with Crippen LogP contribution >= 0.6 is 0 Å². The molecule has 2 unspecified atom stereocenters. The Morgan fingerprint density at radius 2 is 2.36 bits per heavy atom. The molecule has 3 rings (SSSR count). The molecule has 1 saturated heterocycles. The number of nitrogens with zero attached hydrogens (tertiary/aromatic N) is 1. The summed E-state index contributed by atoms with van der Waals surface area (Å²) in [5.74, 6) is 0. The van der Waals surface area contributed by atoms with E-state index in [0.717, 1.165) is 12.1 Å². The van der Waals surface area contributed by atoms with Gasteiger partial charge in [0.1, 0.15) is 0 Å². The first-order chi connectivity index (χ1) is 6.84. The standard InChI is InChI=1S/C12H17NSe/c1-13-10-4-5-11(13)8-9(7-10)12-3-2-6-14-12/h2-3,6-7,10-11H,4-5,8,14H2,1H3. The van der Waals surface area contributed by atoms with Crippen molar-refractivity contribution in [2.24, 2.45) is 0 Å². The third kappa shape index (κ3) is 1.33. The molecule has 0 aromatic carbocycles. The van der Waals surface area contributed by atoms with E-state index >= 15 is 0 Å². The van der Waals surface area contributed by atoms with Crippen LogP contribution in [0.3, 0.4) is 0 Å². The topological polar surface area (TPSA) is 3.24 Å². The molecule has 2 heteroatoms. The van der Waals surface area contributed by atoms with Gasteiger partial charge in [-0.3, -0.25) is 0 Å². The van der Waals surface area contributed by atoms with Crippen LogP contribution < -0.4 is 0 Å². The van der Waals surface area contributed by atoms with Crippen LogP contribution in [0.25, 0.3) is 0 Å². The Morgan fingerprint density at radius 3 is 3.07 bits per heavy atom. The average Bonchev–Trinajstić information content (AvgIpc) is 2.75. The Kier molecular flexibility index (Phi) is 2.16. The molecule has 2 bridgehead atoms. The van der Waals surface area contributed by atoms with E-state index in [1.165, 1.54) is 19.3 Å². The second kappa shape index (κ2) is 3.37. The molecular formula is C12H17NSe. The molecule has 14 heavy (non-hydrogen) atoms. The van der Waals surface area contributed by atoms with Gasteiger partial charge in [0.05, 0.1) is 0 Å². The number of hydrogen-bond donors (Lipinski definition) is 0. The summed E-state index contributed by atoms with van der Waals surface area (Å²) >= 11 is 0.0907. The van der Waals surface area contributed by atoms with E-state index in [0.29, 0.717) is 0 Å². The number of fused-ring (bicyclic) bond motifs is 2. The number of rotatable bonds is 1. The third-order valence-corrected chi connectivity index (χ3v) is 6.12. The zero-order valence-corrected chi connectivity index (χ0v) is 10.6. The third-order valence-electron chi connectivity index (χ3n) is 3.69. The monoisotopic (exact) mass is 255 g/mol. The van der Waals surface area contributed by atoms with Gasteiger partial charge in [-0.2, -0.15) is 0 Å². The van der Waals surface area contributed by atoms with Crippen LogP contribution in [-0.4, -0.2) is 39.0 Å². The molecule has 0 spiro atoms. The molecule has 3 aliphatic rings. The van der Waals surface area contributed by atoms with Gasteiger partial charge in [0.2, 0.25) is 0 Å². The second-order valence-electron chi connectivity index (χ2n) is 4.44. The molecule has 0 N–H and O–H groups in total. The fraction of sp³-hybridized carbons (Fsp3) is 0.500. The zero-order valence-electron chi connectivity index (χ0n) is 8.53. The predicted molar refractivity (Wildman–Crippen MR) is 63.0 cm³/mol. The van der Waals surface area contributed by atoms with E-state index in [-0.39, 0.29) is 15.0 Å². The Balaban J connectivity index is 1.86. The van der Waals surface area contributed by atoms with Crippen LogP contribution in [0.1, 0.15) is 19.3 Å². The SMILES string of the molecule is CN1C2C=C(C3=CC=C[SeH2]3)CC1CC2. The van der Waals surface area contributed by atoms with E-state index < -0.39 is 0 Å². The van der Waals surface area contributed by atoms with Crippen molar-refractivity contribution >= 4 is 15.0 Å². The number of hydrogen-bond acceptors (Lipinski definition) is 1. The van der Waals surface area contributed by atoms with E-state index in [1.54, 1.807) is 10.0 Å². The summed E-state index contributed by atoms with van der Waals surface area (Å²) in [4.78, 5) is 4.95. The number of likely N-dealkylation sites (N-methyl/N-ethyl adjacent to an activating group) is 1. The molecule has 0 amide bonds. The van der Waals surface area contributed by atoms with E-state index in [1.807, 2.05) is 0 Å². The van der Waals surface area contributed by atoms with Crippen LogP contribution in [0.2, 0.25) is 0 Å². The Bertz CT molecular complexity index is 340. The maximum absolute atomic E-state index is 2.56. The molecule has 2 atom stereocenters. The first kappa shape index (κ1) is 8.96. The summed E-state index contributed by atoms with van der Waals surface area (Å²) in [6.45, 7) is 0. The van der Waals surface area contributed by atoms with E-state index in [9.17, 15) is 0 Å². The fourth-order valence-electron chi connectivity index (χ4n) is 2.77. The first-order valence-electron chi connectivity index (χ1n) is 5.41. The van der Waals surface area contributed by atoms with Crippen LogP contribution in [0.4, 0.5) is 0 Å². The molecule has 0 saturated carbocycles. The van der Waals surface area contributed by atoms with Crippen molar-refractivity contribution in [3.05, 3.63) is 33.2 Å². The van der Waals surface area contributed by atoms with Gasteiger partial charge < -0.3 is 0 Å². The molecule has 0 aromatic heterocycles. The zero-order chi connectivity index (χ0) is 9.54. The minimum absolute atomic E-state index is 0.0907. The molecule has 1 fully saturated rings. The van der Waals surface area contributed by atoms with E-state index in [2.05, 4.69) is 35.2 Å². The van der Waals surface area contributed by atoms with Gasteiger partial charge in [0.15, 0.2) is 0 Å². The van der Waals surface area contributed by atoms with Crippen molar-refractivity contribution in [1.82, 2.24) is 4.90 Å². The molecule has 76 valence electrons. The van der Waals surface area contributed by atoms with Crippen molar-refractivity contribution in [3.63, 3.8) is 0 Å². The summed E-state index contributed by atoms with van der Waals surface area (Å²) in [5.41, 5.74) is 1.68. The fourth-order valence-corrected chi connectivity index (χ4v) is 4.73. The van der Waals surface area contributed by atoms with Gasteiger partial charge >= 0.3 is 91.5 Å². The molecule has 0 aliphatic carbocycles. The average molecular weight is 254 g/mol. The van der Waals surface area contributed by atoms with Gasteiger partial charge in [-0.25, -0.2) is 0 Å². The summed E-state index contributed by atoms with van der Waals surface area (Å²) in [7, 11) is 2.28. The second-order valence-corrected chi connectivity index (χ2v) is 6.88. The van der Waals surface area contributed by atoms with Gasteiger partial charge in [-0.1, -0.05) is 0 Å². The van der Waals surface area contributed by atoms with Crippen molar-refractivity contribution in [1.29, 1.82) is 0 Å². The normalized spacial score (nSPS) is 38.9.